The lowest BCUT2D eigenvalue weighted by Gasteiger charge is -2.24. The van der Waals surface area contributed by atoms with Gasteiger partial charge in [-0.2, -0.15) is 0 Å². The number of benzene rings is 2. The van der Waals surface area contributed by atoms with Crippen LogP contribution in [0.4, 0.5) is 21.6 Å². The largest absolute Gasteiger partial charge is 0.479 e. The summed E-state index contributed by atoms with van der Waals surface area (Å²) in [6.07, 6.45) is 13.8. The zero-order valence-corrected chi connectivity index (χ0v) is 19.8. The van der Waals surface area contributed by atoms with E-state index in [1.807, 2.05) is 6.08 Å². The summed E-state index contributed by atoms with van der Waals surface area (Å²) in [6, 6.07) is 7.68. The van der Waals surface area contributed by atoms with Crippen molar-refractivity contribution in [3.8, 4) is 18.1 Å². The van der Waals surface area contributed by atoms with E-state index in [-0.39, 0.29) is 17.5 Å². The first-order valence-corrected chi connectivity index (χ1v) is 11.7. The number of fused-ring (bicyclic) bond motifs is 1. The Morgan fingerprint density at radius 3 is 2.83 bits per heavy atom. The van der Waals surface area contributed by atoms with Crippen LogP contribution in [0.25, 0.3) is 10.9 Å². The van der Waals surface area contributed by atoms with Gasteiger partial charge in [0.05, 0.1) is 16.2 Å². The van der Waals surface area contributed by atoms with E-state index >= 15 is 0 Å². The highest BCUT2D eigenvalue weighted by Crippen LogP contribution is 2.34. The molecule has 2 heterocycles. The number of carbonyl (C=O) groups is 1. The van der Waals surface area contributed by atoms with E-state index in [4.69, 9.17) is 22.8 Å². The molecule has 1 aromatic heterocycles. The minimum atomic E-state index is -0.515. The fourth-order valence-corrected chi connectivity index (χ4v) is 4.04. The molecule has 180 valence electrons. The molecule has 0 bridgehead atoms. The number of nitrogens with one attached hydrogen (secondary N) is 2. The van der Waals surface area contributed by atoms with E-state index in [2.05, 4.69) is 31.4 Å². The van der Waals surface area contributed by atoms with Gasteiger partial charge in [0.1, 0.15) is 30.3 Å². The maximum Gasteiger partial charge on any atom is 0.248 e. The quantitative estimate of drug-likeness (QED) is 0.333. The molecule has 1 saturated heterocycles. The lowest BCUT2D eigenvalue weighted by atomic mass is 10.1. The summed E-state index contributed by atoms with van der Waals surface area (Å²) >= 11 is 5.90. The zero-order valence-electron chi connectivity index (χ0n) is 19.1. The predicted octanol–water partition coefficient (Wildman–Crippen LogP) is 5.16. The molecule has 1 aliphatic rings. The van der Waals surface area contributed by atoms with Gasteiger partial charge in [0.2, 0.25) is 5.91 Å². The third kappa shape index (κ3) is 6.47. The van der Waals surface area contributed by atoms with Gasteiger partial charge >= 0.3 is 0 Å². The highest BCUT2D eigenvalue weighted by atomic mass is 35.5. The van der Waals surface area contributed by atoms with E-state index in [0.717, 1.165) is 19.6 Å². The number of piperidine rings is 1. The van der Waals surface area contributed by atoms with Crippen LogP contribution in [-0.2, 0) is 4.79 Å². The van der Waals surface area contributed by atoms with E-state index < -0.39 is 5.82 Å². The molecule has 2 N–H and O–H groups in total. The molecule has 3 aromatic rings. The van der Waals surface area contributed by atoms with Crippen molar-refractivity contribution in [1.29, 1.82) is 0 Å². The molecule has 2 aromatic carbocycles. The van der Waals surface area contributed by atoms with Crippen molar-refractivity contribution < 1.29 is 13.9 Å². The Morgan fingerprint density at radius 1 is 1.23 bits per heavy atom. The van der Waals surface area contributed by atoms with Crippen molar-refractivity contribution in [2.45, 2.75) is 19.3 Å². The Kier molecular flexibility index (Phi) is 8.14. The molecule has 1 aliphatic heterocycles. The van der Waals surface area contributed by atoms with Crippen molar-refractivity contribution in [3.05, 3.63) is 59.7 Å². The normalized spacial score (nSPS) is 14.1. The predicted molar refractivity (Wildman–Crippen MR) is 137 cm³/mol. The molecule has 0 saturated carbocycles. The Morgan fingerprint density at radius 2 is 2.06 bits per heavy atom. The van der Waals surface area contributed by atoms with Crippen LogP contribution in [0.3, 0.4) is 0 Å². The number of nitrogens with zero attached hydrogens (tertiary/aromatic N) is 3. The minimum Gasteiger partial charge on any atom is -0.479 e. The van der Waals surface area contributed by atoms with Crippen molar-refractivity contribution in [2.75, 3.05) is 36.9 Å². The molecule has 35 heavy (non-hydrogen) atoms. The van der Waals surface area contributed by atoms with E-state index in [0.29, 0.717) is 33.8 Å². The van der Waals surface area contributed by atoms with Gasteiger partial charge in [-0.25, -0.2) is 14.4 Å². The third-order valence-electron chi connectivity index (χ3n) is 5.57. The van der Waals surface area contributed by atoms with Crippen LogP contribution in [0.5, 0.6) is 5.75 Å². The van der Waals surface area contributed by atoms with Crippen molar-refractivity contribution in [3.63, 3.8) is 0 Å². The number of halogens is 2. The first-order valence-electron chi connectivity index (χ1n) is 11.3. The summed E-state index contributed by atoms with van der Waals surface area (Å²) < 4.78 is 19.2. The number of hydrogen-bond acceptors (Lipinski definition) is 6. The fraction of sp³-hybridized carbons (Fsp3) is 0.269. The van der Waals surface area contributed by atoms with Gasteiger partial charge in [-0.05, 0) is 50.2 Å². The van der Waals surface area contributed by atoms with Gasteiger partial charge in [-0.15, -0.1) is 6.42 Å². The standard InChI is InChI=1S/C26H25ClFN5O2/c1-2-13-35-24-16-22-19(26(30-17-29-22)31-18-8-9-21(28)20(27)14-18)15-23(24)32-25(34)7-6-12-33-10-4-3-5-11-33/h1,6-9,14-17H,3-5,10-13H2,(H,32,34)(H,29,30,31)/b7-6+. The van der Waals surface area contributed by atoms with Crippen LogP contribution < -0.4 is 15.4 Å². The summed E-state index contributed by atoms with van der Waals surface area (Å²) in [5.41, 5.74) is 1.55. The zero-order chi connectivity index (χ0) is 24.6. The van der Waals surface area contributed by atoms with Gasteiger partial charge in [0.25, 0.3) is 0 Å². The molecule has 1 fully saturated rings. The molecule has 7 nitrogen and oxygen atoms in total. The lowest BCUT2D eigenvalue weighted by molar-refractivity contribution is -0.111. The van der Waals surface area contributed by atoms with Gasteiger partial charge in [0, 0.05) is 29.8 Å². The molecule has 4 rings (SSSR count). The third-order valence-corrected chi connectivity index (χ3v) is 5.86. The molecule has 0 unspecified atom stereocenters. The first kappa shape index (κ1) is 24.5. The number of carbonyl (C=O) groups excluding carboxylic acids is 1. The maximum atomic E-state index is 13.5. The Balaban J connectivity index is 1.58. The summed E-state index contributed by atoms with van der Waals surface area (Å²) in [7, 11) is 0. The highest BCUT2D eigenvalue weighted by Gasteiger charge is 2.14. The number of likely N-dealkylation sites (tertiary alicyclic amines) is 1. The van der Waals surface area contributed by atoms with Gasteiger partial charge < -0.3 is 15.4 Å². The molecule has 0 spiro atoms. The monoisotopic (exact) mass is 493 g/mol. The average Bonchev–Trinajstić information content (AvgIpc) is 2.86. The Hall–Kier alpha value is -3.67. The first-order chi connectivity index (χ1) is 17.0. The highest BCUT2D eigenvalue weighted by molar-refractivity contribution is 6.31. The second-order valence-corrected chi connectivity index (χ2v) is 8.49. The number of amides is 1. The molecular formula is C26H25ClFN5O2. The van der Waals surface area contributed by atoms with Gasteiger partial charge in [-0.3, -0.25) is 9.69 Å². The molecule has 0 aliphatic carbocycles. The summed E-state index contributed by atoms with van der Waals surface area (Å²) in [5, 5.41) is 6.59. The van der Waals surface area contributed by atoms with Crippen molar-refractivity contribution in [1.82, 2.24) is 14.9 Å². The van der Waals surface area contributed by atoms with Crippen molar-refractivity contribution in [2.24, 2.45) is 0 Å². The minimum absolute atomic E-state index is 0.0115. The summed E-state index contributed by atoms with van der Waals surface area (Å²) in [5.74, 6) is 2.47. The number of hydrogen-bond donors (Lipinski definition) is 2. The van der Waals surface area contributed by atoms with Crippen molar-refractivity contribution >= 4 is 45.6 Å². The molecule has 9 heteroatoms. The number of aromatic nitrogens is 2. The second kappa shape index (κ2) is 11.6. The van der Waals surface area contributed by atoms with Crippen LogP contribution in [0.2, 0.25) is 5.02 Å². The Bertz CT molecular complexity index is 1280. The average molecular weight is 494 g/mol. The lowest BCUT2D eigenvalue weighted by Crippen LogP contribution is -2.29. The summed E-state index contributed by atoms with van der Waals surface area (Å²) in [4.78, 5) is 23.6. The van der Waals surface area contributed by atoms with E-state index in [9.17, 15) is 9.18 Å². The molecule has 1 amide bonds. The topological polar surface area (TPSA) is 79.4 Å². The SMILES string of the molecule is C#CCOc1cc2ncnc(Nc3ccc(F)c(Cl)c3)c2cc1NC(=O)/C=C/CN1CCCCC1. The van der Waals surface area contributed by atoms with Crippen LogP contribution in [0, 0.1) is 18.2 Å². The fourth-order valence-electron chi connectivity index (χ4n) is 3.86. The van der Waals surface area contributed by atoms with Gasteiger partial charge in [0.15, 0.2) is 0 Å². The smallest absolute Gasteiger partial charge is 0.248 e. The van der Waals surface area contributed by atoms with E-state index in [1.54, 1.807) is 18.2 Å². The summed E-state index contributed by atoms with van der Waals surface area (Å²) in [6.45, 7) is 2.86. The van der Waals surface area contributed by atoms with Crippen LogP contribution in [0.1, 0.15) is 19.3 Å². The molecular weight excluding hydrogens is 469 g/mol. The number of rotatable bonds is 8. The van der Waals surface area contributed by atoms with E-state index in [1.165, 1.54) is 43.8 Å². The van der Waals surface area contributed by atoms with Crippen LogP contribution >= 0.6 is 11.6 Å². The maximum absolute atomic E-state index is 13.5. The molecule has 0 radical (unpaired) electrons. The Labute approximate surface area is 208 Å². The second-order valence-electron chi connectivity index (χ2n) is 8.09. The van der Waals surface area contributed by atoms with Gasteiger partial charge in [-0.1, -0.05) is 30.0 Å². The molecule has 0 atom stereocenters. The number of ether oxygens (including phenoxy) is 1. The number of anilines is 3. The van der Waals surface area contributed by atoms with Crippen LogP contribution in [0.15, 0.2) is 48.8 Å². The number of terminal acetylenes is 1. The van der Waals surface area contributed by atoms with Crippen LogP contribution in [-0.4, -0.2) is 47.0 Å².